The number of aliphatic hydroxyl groups is 1. The summed E-state index contributed by atoms with van der Waals surface area (Å²) in [6.45, 7) is 0.465. The summed E-state index contributed by atoms with van der Waals surface area (Å²) in [6, 6.07) is 13.0. The number of rotatable bonds is 2. The molecular weight excluding hydrogens is 254 g/mol. The molecule has 3 N–H and O–H groups in total. The molecule has 0 fully saturated rings. The first-order valence-corrected chi connectivity index (χ1v) is 6.57. The van der Waals surface area contributed by atoms with Gasteiger partial charge >= 0.3 is 0 Å². The van der Waals surface area contributed by atoms with Crippen LogP contribution in [-0.4, -0.2) is 23.9 Å². The first kappa shape index (κ1) is 13.0. The van der Waals surface area contributed by atoms with Gasteiger partial charge in [0, 0.05) is 6.54 Å². The molecule has 20 heavy (non-hydrogen) atoms. The van der Waals surface area contributed by atoms with E-state index in [4.69, 9.17) is 4.74 Å². The lowest BCUT2D eigenvalue weighted by molar-refractivity contribution is 0.160. The topological polar surface area (TPSA) is 61.7 Å². The van der Waals surface area contributed by atoms with E-state index in [9.17, 15) is 10.2 Å². The Balaban J connectivity index is 2.01. The van der Waals surface area contributed by atoms with Crippen molar-refractivity contribution in [2.75, 3.05) is 13.7 Å². The average molecular weight is 271 g/mol. The van der Waals surface area contributed by atoms with Gasteiger partial charge in [-0.3, -0.25) is 0 Å². The van der Waals surface area contributed by atoms with Crippen molar-refractivity contribution in [3.8, 4) is 11.5 Å². The third-order valence-electron chi connectivity index (χ3n) is 3.70. The first-order chi connectivity index (χ1) is 9.69. The fourth-order valence-electron chi connectivity index (χ4n) is 2.66. The van der Waals surface area contributed by atoms with Crippen molar-refractivity contribution in [1.29, 1.82) is 0 Å². The van der Waals surface area contributed by atoms with Crippen molar-refractivity contribution in [2.45, 2.75) is 12.1 Å². The number of fused-ring (bicyclic) bond motifs is 1. The molecule has 0 amide bonds. The molecule has 0 unspecified atom stereocenters. The van der Waals surface area contributed by atoms with Crippen LogP contribution in [0, 0.1) is 0 Å². The lowest BCUT2D eigenvalue weighted by Gasteiger charge is -2.30. The molecule has 0 radical (unpaired) electrons. The van der Waals surface area contributed by atoms with Crippen LogP contribution in [0.5, 0.6) is 11.5 Å². The van der Waals surface area contributed by atoms with Gasteiger partial charge in [0.1, 0.15) is 11.5 Å². The summed E-state index contributed by atoms with van der Waals surface area (Å²) in [4.78, 5) is 0. The maximum atomic E-state index is 10.0. The van der Waals surface area contributed by atoms with Crippen LogP contribution in [0.3, 0.4) is 0 Å². The van der Waals surface area contributed by atoms with Crippen LogP contribution in [0.1, 0.15) is 28.8 Å². The number of nitrogens with one attached hydrogen (secondary N) is 1. The standard InChI is InChI=1S/C16H17NO3/c1-20-12-5-2-10(3-6-12)16-13-7-4-11(18)8-14(13)15(19)9-17-16/h2-8,15-19H,9H2,1H3/t15-,16+/m0/s1. The molecule has 0 aliphatic carbocycles. The Kier molecular flexibility index (Phi) is 3.34. The maximum absolute atomic E-state index is 10.0. The van der Waals surface area contributed by atoms with Crippen LogP contribution in [0.2, 0.25) is 0 Å². The Labute approximate surface area is 117 Å². The number of hydrogen-bond donors (Lipinski definition) is 3. The van der Waals surface area contributed by atoms with Crippen molar-refractivity contribution in [3.63, 3.8) is 0 Å². The number of methoxy groups -OCH3 is 1. The average Bonchev–Trinajstić information content (AvgIpc) is 2.48. The molecule has 0 saturated heterocycles. The maximum Gasteiger partial charge on any atom is 0.118 e. The monoisotopic (exact) mass is 271 g/mol. The fourth-order valence-corrected chi connectivity index (χ4v) is 2.66. The molecule has 1 aliphatic heterocycles. The van der Waals surface area contributed by atoms with Gasteiger partial charge in [-0.15, -0.1) is 0 Å². The van der Waals surface area contributed by atoms with E-state index in [0.29, 0.717) is 6.54 Å². The third-order valence-corrected chi connectivity index (χ3v) is 3.70. The molecule has 4 heteroatoms. The molecule has 0 saturated carbocycles. The second-order valence-corrected chi connectivity index (χ2v) is 4.94. The molecule has 0 bridgehead atoms. The van der Waals surface area contributed by atoms with E-state index in [2.05, 4.69) is 5.32 Å². The van der Waals surface area contributed by atoms with Crippen molar-refractivity contribution in [2.24, 2.45) is 0 Å². The highest BCUT2D eigenvalue weighted by atomic mass is 16.5. The second kappa shape index (κ2) is 5.15. The highest BCUT2D eigenvalue weighted by molar-refractivity contribution is 5.45. The minimum absolute atomic E-state index is 0.0138. The number of aliphatic hydroxyl groups excluding tert-OH is 1. The smallest absolute Gasteiger partial charge is 0.118 e. The Hall–Kier alpha value is -2.04. The molecule has 2 aromatic rings. The van der Waals surface area contributed by atoms with E-state index in [1.165, 1.54) is 0 Å². The summed E-state index contributed by atoms with van der Waals surface area (Å²) in [5, 5.41) is 22.9. The Morgan fingerprint density at radius 2 is 1.85 bits per heavy atom. The number of benzene rings is 2. The van der Waals surface area contributed by atoms with E-state index in [-0.39, 0.29) is 11.8 Å². The van der Waals surface area contributed by atoms with Gasteiger partial charge in [-0.1, -0.05) is 18.2 Å². The molecule has 2 atom stereocenters. The molecule has 0 spiro atoms. The highest BCUT2D eigenvalue weighted by Crippen LogP contribution is 2.35. The van der Waals surface area contributed by atoms with Crippen LogP contribution in [0.4, 0.5) is 0 Å². The molecule has 0 aromatic heterocycles. The second-order valence-electron chi connectivity index (χ2n) is 4.94. The van der Waals surface area contributed by atoms with Gasteiger partial charge in [-0.2, -0.15) is 0 Å². The van der Waals surface area contributed by atoms with Crippen LogP contribution in [0.25, 0.3) is 0 Å². The molecule has 3 rings (SSSR count). The fraction of sp³-hybridized carbons (Fsp3) is 0.250. The summed E-state index contributed by atoms with van der Waals surface area (Å²) in [5.41, 5.74) is 2.88. The highest BCUT2D eigenvalue weighted by Gasteiger charge is 2.26. The zero-order chi connectivity index (χ0) is 14.1. The van der Waals surface area contributed by atoms with E-state index in [1.54, 1.807) is 19.2 Å². The van der Waals surface area contributed by atoms with E-state index >= 15 is 0 Å². The predicted octanol–water partition coefficient (Wildman–Crippen LogP) is 2.13. The van der Waals surface area contributed by atoms with Crippen LogP contribution >= 0.6 is 0 Å². The number of phenolic OH excluding ortho intramolecular Hbond substituents is 1. The number of β-amino-alcohol motifs (C(OH)–C–C–N with tert-alkyl or cyclic N) is 1. The summed E-state index contributed by atoms with van der Waals surface area (Å²) in [7, 11) is 1.64. The lowest BCUT2D eigenvalue weighted by Crippen LogP contribution is -2.33. The van der Waals surface area contributed by atoms with E-state index in [1.807, 2.05) is 30.3 Å². The molecule has 4 nitrogen and oxygen atoms in total. The Morgan fingerprint density at radius 3 is 2.55 bits per heavy atom. The number of hydrogen-bond acceptors (Lipinski definition) is 4. The van der Waals surface area contributed by atoms with Gasteiger partial charge in [-0.05, 0) is 41.0 Å². The number of ether oxygens (including phenoxy) is 1. The van der Waals surface area contributed by atoms with E-state index < -0.39 is 6.10 Å². The predicted molar refractivity (Wildman–Crippen MR) is 75.9 cm³/mol. The minimum Gasteiger partial charge on any atom is -0.508 e. The summed E-state index contributed by atoms with van der Waals surface area (Å²) in [6.07, 6.45) is -0.591. The van der Waals surface area contributed by atoms with Gasteiger partial charge in [0.05, 0.1) is 19.3 Å². The molecule has 1 aliphatic rings. The van der Waals surface area contributed by atoms with Gasteiger partial charge in [-0.25, -0.2) is 0 Å². The largest absolute Gasteiger partial charge is 0.508 e. The lowest BCUT2D eigenvalue weighted by atomic mass is 9.88. The van der Waals surface area contributed by atoms with Crippen molar-refractivity contribution < 1.29 is 14.9 Å². The Bertz CT molecular complexity index is 610. The zero-order valence-electron chi connectivity index (χ0n) is 11.2. The zero-order valence-corrected chi connectivity index (χ0v) is 11.2. The normalized spacial score (nSPS) is 21.3. The number of aromatic hydroxyl groups is 1. The SMILES string of the molecule is COc1ccc([C@H]2NC[C@H](O)c3cc(O)ccc32)cc1. The third kappa shape index (κ3) is 2.24. The first-order valence-electron chi connectivity index (χ1n) is 6.57. The minimum atomic E-state index is -0.591. The van der Waals surface area contributed by atoms with Crippen molar-refractivity contribution in [1.82, 2.24) is 5.32 Å². The molecule has 2 aromatic carbocycles. The molecule has 1 heterocycles. The van der Waals surface area contributed by atoms with Gasteiger partial charge < -0.3 is 20.3 Å². The molecule has 104 valence electrons. The van der Waals surface area contributed by atoms with Crippen LogP contribution in [-0.2, 0) is 0 Å². The van der Waals surface area contributed by atoms with Crippen molar-refractivity contribution in [3.05, 3.63) is 59.2 Å². The van der Waals surface area contributed by atoms with Crippen molar-refractivity contribution >= 4 is 0 Å². The van der Waals surface area contributed by atoms with Crippen LogP contribution < -0.4 is 10.1 Å². The van der Waals surface area contributed by atoms with Gasteiger partial charge in [0.15, 0.2) is 0 Å². The van der Waals surface area contributed by atoms with Gasteiger partial charge in [0.2, 0.25) is 0 Å². The summed E-state index contributed by atoms with van der Waals surface area (Å²) < 4.78 is 5.17. The van der Waals surface area contributed by atoms with E-state index in [0.717, 1.165) is 22.4 Å². The van der Waals surface area contributed by atoms with Crippen LogP contribution in [0.15, 0.2) is 42.5 Å². The summed E-state index contributed by atoms with van der Waals surface area (Å²) >= 11 is 0. The summed E-state index contributed by atoms with van der Waals surface area (Å²) in [5.74, 6) is 0.994. The quantitative estimate of drug-likeness (QED) is 0.783. The Morgan fingerprint density at radius 1 is 1.10 bits per heavy atom. The number of phenols is 1. The molecular formula is C16H17NO3. The van der Waals surface area contributed by atoms with Gasteiger partial charge in [0.25, 0.3) is 0 Å².